The van der Waals surface area contributed by atoms with E-state index >= 15 is 0 Å². The first kappa shape index (κ1) is 19.4. The molecule has 0 spiro atoms. The standard InChI is InChI=1S/C14H19ClN4O5/c1-17-13(21)7-9(16)11(23-3)8(14(22)18-2)10(12(7)24-4)19-6(20)5-15/h5,16H2,1-4H3,(H,17,21)(H,18,22)(H,19,20). The Kier molecular flexibility index (Phi) is 6.66. The zero-order valence-corrected chi connectivity index (χ0v) is 14.5. The highest BCUT2D eigenvalue weighted by Gasteiger charge is 2.31. The van der Waals surface area contributed by atoms with Gasteiger partial charge in [-0.25, -0.2) is 0 Å². The molecule has 1 aromatic rings. The largest absolute Gasteiger partial charge is 0.494 e. The number of anilines is 2. The fraction of sp³-hybridized carbons (Fsp3) is 0.357. The van der Waals surface area contributed by atoms with Crippen LogP contribution in [0.5, 0.6) is 11.5 Å². The van der Waals surface area contributed by atoms with Crippen LogP contribution in [0.4, 0.5) is 11.4 Å². The molecule has 1 aromatic carbocycles. The summed E-state index contributed by atoms with van der Waals surface area (Å²) in [6, 6.07) is 0. The van der Waals surface area contributed by atoms with E-state index in [0.717, 1.165) is 0 Å². The summed E-state index contributed by atoms with van der Waals surface area (Å²) in [4.78, 5) is 36.2. The number of halogens is 1. The van der Waals surface area contributed by atoms with E-state index in [1.54, 1.807) is 0 Å². The maximum atomic E-state index is 12.3. The molecule has 0 aliphatic heterocycles. The Balaban J connectivity index is 3.92. The lowest BCUT2D eigenvalue weighted by Gasteiger charge is -2.21. The number of nitrogen functional groups attached to an aromatic ring is 1. The van der Waals surface area contributed by atoms with Crippen LogP contribution in [-0.4, -0.2) is 51.9 Å². The fourth-order valence-electron chi connectivity index (χ4n) is 2.12. The van der Waals surface area contributed by atoms with Crippen molar-refractivity contribution in [3.8, 4) is 11.5 Å². The van der Waals surface area contributed by atoms with Crippen LogP contribution in [0.15, 0.2) is 0 Å². The first-order valence-corrected chi connectivity index (χ1v) is 7.28. The fourth-order valence-corrected chi connectivity index (χ4v) is 2.19. The van der Waals surface area contributed by atoms with Crippen LogP contribution >= 0.6 is 11.6 Å². The van der Waals surface area contributed by atoms with Gasteiger partial charge in [0.1, 0.15) is 22.7 Å². The number of carbonyl (C=O) groups excluding carboxylic acids is 3. The van der Waals surface area contributed by atoms with Gasteiger partial charge in [0, 0.05) is 14.1 Å². The summed E-state index contributed by atoms with van der Waals surface area (Å²) >= 11 is 5.51. The van der Waals surface area contributed by atoms with Crippen LogP contribution in [-0.2, 0) is 4.79 Å². The maximum Gasteiger partial charge on any atom is 0.257 e. The van der Waals surface area contributed by atoms with Gasteiger partial charge in [0.05, 0.1) is 19.9 Å². The molecule has 24 heavy (non-hydrogen) atoms. The van der Waals surface area contributed by atoms with Gasteiger partial charge in [-0.3, -0.25) is 14.4 Å². The first-order valence-electron chi connectivity index (χ1n) is 6.75. The normalized spacial score (nSPS) is 9.88. The molecule has 0 fully saturated rings. The monoisotopic (exact) mass is 358 g/mol. The lowest BCUT2D eigenvalue weighted by Crippen LogP contribution is -2.27. The van der Waals surface area contributed by atoms with E-state index in [1.165, 1.54) is 28.3 Å². The van der Waals surface area contributed by atoms with Crippen LogP contribution in [0.25, 0.3) is 0 Å². The molecule has 0 radical (unpaired) electrons. The molecular weight excluding hydrogens is 340 g/mol. The third-order valence-corrected chi connectivity index (χ3v) is 3.39. The molecule has 0 unspecified atom stereocenters. The van der Waals surface area contributed by atoms with E-state index in [0.29, 0.717) is 0 Å². The average molecular weight is 359 g/mol. The number of hydrogen-bond donors (Lipinski definition) is 4. The van der Waals surface area contributed by atoms with Gasteiger partial charge >= 0.3 is 0 Å². The molecule has 9 nitrogen and oxygen atoms in total. The minimum Gasteiger partial charge on any atom is -0.494 e. The minimum absolute atomic E-state index is 0.0628. The van der Waals surface area contributed by atoms with Gasteiger partial charge in [-0.05, 0) is 0 Å². The van der Waals surface area contributed by atoms with Crippen LogP contribution in [0, 0.1) is 0 Å². The number of methoxy groups -OCH3 is 2. The summed E-state index contributed by atoms with van der Waals surface area (Å²) in [7, 11) is 5.35. The van der Waals surface area contributed by atoms with E-state index in [1.807, 2.05) is 0 Å². The summed E-state index contributed by atoms with van der Waals surface area (Å²) in [6.45, 7) is 0. The Hall–Kier alpha value is -2.68. The van der Waals surface area contributed by atoms with Crippen LogP contribution in [0.3, 0.4) is 0 Å². The van der Waals surface area contributed by atoms with E-state index in [-0.39, 0.29) is 39.9 Å². The molecule has 0 atom stereocenters. The summed E-state index contributed by atoms with van der Waals surface area (Å²) in [5, 5.41) is 7.27. The van der Waals surface area contributed by atoms with Crippen molar-refractivity contribution in [1.82, 2.24) is 10.6 Å². The van der Waals surface area contributed by atoms with Gasteiger partial charge < -0.3 is 31.2 Å². The second-order valence-corrected chi connectivity index (χ2v) is 4.71. The van der Waals surface area contributed by atoms with Gasteiger partial charge in [-0.15, -0.1) is 11.6 Å². The Bertz CT molecular complexity index is 678. The van der Waals surface area contributed by atoms with Crippen molar-refractivity contribution in [1.29, 1.82) is 0 Å². The summed E-state index contributed by atoms with van der Waals surface area (Å²) in [5.74, 6) is -2.28. The quantitative estimate of drug-likeness (QED) is 0.424. The molecular formula is C14H19ClN4O5. The lowest BCUT2D eigenvalue weighted by atomic mass is 10.0. The summed E-state index contributed by atoms with van der Waals surface area (Å²) in [5.41, 5.74) is 5.67. The van der Waals surface area contributed by atoms with Crippen molar-refractivity contribution in [2.24, 2.45) is 0 Å². The SMILES string of the molecule is CNC(=O)c1c(N)c(OC)c(C(=O)NC)c(NC(=O)CCl)c1OC. The zero-order chi connectivity index (χ0) is 18.4. The predicted molar refractivity (Wildman–Crippen MR) is 90.1 cm³/mol. The van der Waals surface area contributed by atoms with E-state index < -0.39 is 17.7 Å². The highest BCUT2D eigenvalue weighted by molar-refractivity contribution is 6.29. The van der Waals surface area contributed by atoms with E-state index in [2.05, 4.69) is 16.0 Å². The molecule has 0 aliphatic rings. The van der Waals surface area contributed by atoms with Gasteiger partial charge in [0.15, 0.2) is 11.5 Å². The third kappa shape index (κ3) is 3.46. The third-order valence-electron chi connectivity index (χ3n) is 3.15. The molecule has 10 heteroatoms. The van der Waals surface area contributed by atoms with Crippen molar-refractivity contribution in [3.05, 3.63) is 11.1 Å². The second kappa shape index (κ2) is 8.25. The average Bonchev–Trinajstić information content (AvgIpc) is 2.60. The second-order valence-electron chi connectivity index (χ2n) is 4.45. The van der Waals surface area contributed by atoms with Crippen molar-refractivity contribution in [3.63, 3.8) is 0 Å². The molecule has 3 amide bonds. The number of alkyl halides is 1. The summed E-state index contributed by atoms with van der Waals surface area (Å²) < 4.78 is 10.4. The molecule has 0 saturated heterocycles. The molecule has 0 aromatic heterocycles. The number of nitrogens with one attached hydrogen (secondary N) is 3. The zero-order valence-electron chi connectivity index (χ0n) is 13.7. The summed E-state index contributed by atoms with van der Waals surface area (Å²) in [6.07, 6.45) is 0. The van der Waals surface area contributed by atoms with Gasteiger partial charge in [-0.2, -0.15) is 0 Å². The molecule has 132 valence electrons. The van der Waals surface area contributed by atoms with Crippen molar-refractivity contribution in [2.75, 3.05) is 45.2 Å². The van der Waals surface area contributed by atoms with Crippen LogP contribution in [0.1, 0.15) is 20.7 Å². The van der Waals surface area contributed by atoms with Crippen molar-refractivity contribution >= 4 is 40.7 Å². The van der Waals surface area contributed by atoms with Crippen LogP contribution in [0.2, 0.25) is 0 Å². The lowest BCUT2D eigenvalue weighted by molar-refractivity contribution is -0.113. The van der Waals surface area contributed by atoms with E-state index in [9.17, 15) is 14.4 Å². The molecule has 0 aliphatic carbocycles. The Morgan fingerprint density at radius 1 is 1.00 bits per heavy atom. The molecule has 0 heterocycles. The first-order chi connectivity index (χ1) is 11.4. The highest BCUT2D eigenvalue weighted by atomic mass is 35.5. The van der Waals surface area contributed by atoms with Gasteiger partial charge in [-0.1, -0.05) is 0 Å². The Morgan fingerprint density at radius 2 is 1.50 bits per heavy atom. The number of carbonyl (C=O) groups is 3. The molecule has 0 saturated carbocycles. The van der Waals surface area contributed by atoms with Crippen LogP contribution < -0.4 is 31.2 Å². The minimum atomic E-state index is -0.602. The number of benzene rings is 1. The topological polar surface area (TPSA) is 132 Å². The Morgan fingerprint density at radius 3 is 1.92 bits per heavy atom. The van der Waals surface area contributed by atoms with Crippen molar-refractivity contribution in [2.45, 2.75) is 0 Å². The molecule has 5 N–H and O–H groups in total. The van der Waals surface area contributed by atoms with Gasteiger partial charge in [0.25, 0.3) is 11.8 Å². The number of nitrogens with two attached hydrogens (primary N) is 1. The smallest absolute Gasteiger partial charge is 0.257 e. The number of amides is 3. The number of hydrogen-bond acceptors (Lipinski definition) is 6. The van der Waals surface area contributed by atoms with Crippen molar-refractivity contribution < 1.29 is 23.9 Å². The number of ether oxygens (including phenoxy) is 2. The van der Waals surface area contributed by atoms with Gasteiger partial charge in [0.2, 0.25) is 5.91 Å². The van der Waals surface area contributed by atoms with E-state index in [4.69, 9.17) is 26.8 Å². The number of rotatable bonds is 6. The predicted octanol–water partition coefficient (Wildman–Crippen LogP) is 0.183. The molecule has 0 bridgehead atoms. The maximum absolute atomic E-state index is 12.3. The Labute approximate surface area is 143 Å². The highest BCUT2D eigenvalue weighted by Crippen LogP contribution is 2.44. The molecule has 1 rings (SSSR count).